The van der Waals surface area contributed by atoms with Crippen LogP contribution in [0.1, 0.15) is 5.69 Å². The number of nitrogens with zero attached hydrogens (tertiary/aromatic N) is 1. The van der Waals surface area contributed by atoms with Crippen molar-refractivity contribution < 1.29 is 9.84 Å². The van der Waals surface area contributed by atoms with E-state index < -0.39 is 0 Å². The number of aromatic amines is 1. The number of phenols is 1. The Balaban J connectivity index is 2.07. The molecule has 2 aromatic carbocycles. The van der Waals surface area contributed by atoms with Crippen LogP contribution in [0.25, 0.3) is 33.1 Å². The number of para-hydroxylation sites is 1. The SMILES string of the molecule is COc1cc(-c2nc(CN)cc3c2[nH]c2ccccc23)ccc1O. The van der Waals surface area contributed by atoms with Crippen LogP contribution in [0.4, 0.5) is 0 Å². The van der Waals surface area contributed by atoms with E-state index in [9.17, 15) is 5.11 Å². The molecular weight excluding hydrogens is 302 g/mol. The van der Waals surface area contributed by atoms with Gasteiger partial charge in [-0.25, -0.2) is 4.98 Å². The predicted octanol–water partition coefficient (Wildman–Crippen LogP) is 3.56. The van der Waals surface area contributed by atoms with Crippen LogP contribution in [-0.2, 0) is 6.54 Å². The number of aromatic nitrogens is 2. The van der Waals surface area contributed by atoms with Crippen molar-refractivity contribution in [2.45, 2.75) is 6.54 Å². The molecule has 0 aliphatic heterocycles. The van der Waals surface area contributed by atoms with Crippen molar-refractivity contribution >= 4 is 21.8 Å². The molecule has 0 saturated heterocycles. The number of ether oxygens (including phenoxy) is 1. The molecule has 0 fully saturated rings. The third-order valence-electron chi connectivity index (χ3n) is 4.21. The minimum Gasteiger partial charge on any atom is -0.504 e. The number of nitrogens with two attached hydrogens (primary N) is 1. The Morgan fingerprint density at radius 3 is 2.75 bits per heavy atom. The fourth-order valence-corrected chi connectivity index (χ4v) is 3.04. The second kappa shape index (κ2) is 5.54. The lowest BCUT2D eigenvalue weighted by Gasteiger charge is -2.09. The molecule has 2 aromatic heterocycles. The molecular formula is C19H17N3O2. The molecule has 0 unspecified atom stereocenters. The largest absolute Gasteiger partial charge is 0.504 e. The molecule has 0 atom stereocenters. The first kappa shape index (κ1) is 14.5. The summed E-state index contributed by atoms with van der Waals surface area (Å²) in [7, 11) is 1.53. The summed E-state index contributed by atoms with van der Waals surface area (Å²) < 4.78 is 5.22. The molecule has 4 aromatic rings. The van der Waals surface area contributed by atoms with Gasteiger partial charge < -0.3 is 20.6 Å². The standard InChI is InChI=1S/C19H17N3O2/c1-24-17-8-11(6-7-16(17)23)18-19-14(9-12(10-20)21-18)13-4-2-3-5-15(13)22-19/h2-9,22-23H,10,20H2,1H3. The lowest BCUT2D eigenvalue weighted by atomic mass is 10.1. The number of aromatic hydroxyl groups is 1. The maximum atomic E-state index is 9.84. The van der Waals surface area contributed by atoms with Gasteiger partial charge in [-0.05, 0) is 30.3 Å². The van der Waals surface area contributed by atoms with Gasteiger partial charge in [-0.15, -0.1) is 0 Å². The summed E-state index contributed by atoms with van der Waals surface area (Å²) in [6.45, 7) is 0.359. The van der Waals surface area contributed by atoms with Crippen LogP contribution in [0, 0.1) is 0 Å². The van der Waals surface area contributed by atoms with Gasteiger partial charge in [-0.1, -0.05) is 18.2 Å². The second-order valence-electron chi connectivity index (χ2n) is 5.65. The van der Waals surface area contributed by atoms with Crippen LogP contribution in [0.3, 0.4) is 0 Å². The molecule has 5 heteroatoms. The number of methoxy groups -OCH3 is 1. The summed E-state index contributed by atoms with van der Waals surface area (Å²) >= 11 is 0. The highest BCUT2D eigenvalue weighted by molar-refractivity contribution is 6.11. The highest BCUT2D eigenvalue weighted by atomic mass is 16.5. The molecule has 0 bridgehead atoms. The monoisotopic (exact) mass is 319 g/mol. The first-order valence-corrected chi connectivity index (χ1v) is 7.69. The molecule has 0 spiro atoms. The summed E-state index contributed by atoms with van der Waals surface area (Å²) in [6, 6.07) is 15.4. The van der Waals surface area contributed by atoms with Crippen LogP contribution in [-0.4, -0.2) is 22.2 Å². The molecule has 0 amide bonds. The molecule has 0 radical (unpaired) electrons. The number of nitrogens with one attached hydrogen (secondary N) is 1. The minimum absolute atomic E-state index is 0.101. The molecule has 4 N–H and O–H groups in total. The normalized spacial score (nSPS) is 11.2. The lowest BCUT2D eigenvalue weighted by Crippen LogP contribution is -2.01. The van der Waals surface area contributed by atoms with E-state index in [4.69, 9.17) is 15.5 Å². The predicted molar refractivity (Wildman–Crippen MR) is 95.1 cm³/mol. The first-order valence-electron chi connectivity index (χ1n) is 7.69. The van der Waals surface area contributed by atoms with E-state index in [2.05, 4.69) is 11.1 Å². The molecule has 24 heavy (non-hydrogen) atoms. The number of H-pyrrole nitrogens is 1. The number of phenolic OH excluding ortho intramolecular Hbond substituents is 1. The van der Waals surface area contributed by atoms with Gasteiger partial charge in [0.2, 0.25) is 0 Å². The maximum Gasteiger partial charge on any atom is 0.161 e. The number of benzene rings is 2. The summed E-state index contributed by atoms with van der Waals surface area (Å²) in [5.41, 5.74) is 10.3. The Morgan fingerprint density at radius 2 is 1.96 bits per heavy atom. The average Bonchev–Trinajstić information content (AvgIpc) is 3.00. The molecule has 5 nitrogen and oxygen atoms in total. The number of rotatable bonds is 3. The zero-order chi connectivity index (χ0) is 16.7. The van der Waals surface area contributed by atoms with Crippen molar-refractivity contribution in [3.63, 3.8) is 0 Å². The Bertz CT molecular complexity index is 1050. The van der Waals surface area contributed by atoms with Gasteiger partial charge in [0.1, 0.15) is 0 Å². The Hall–Kier alpha value is -3.05. The van der Waals surface area contributed by atoms with Crippen LogP contribution in [0.5, 0.6) is 11.5 Å². The Labute approximate surface area is 138 Å². The quantitative estimate of drug-likeness (QED) is 0.539. The second-order valence-corrected chi connectivity index (χ2v) is 5.65. The highest BCUT2D eigenvalue weighted by Gasteiger charge is 2.14. The number of hydrogen-bond acceptors (Lipinski definition) is 4. The van der Waals surface area contributed by atoms with E-state index in [0.717, 1.165) is 38.8 Å². The Kier molecular flexibility index (Phi) is 3.36. The van der Waals surface area contributed by atoms with Gasteiger partial charge in [0.25, 0.3) is 0 Å². The van der Waals surface area contributed by atoms with Crippen molar-refractivity contribution in [3.8, 4) is 22.8 Å². The minimum atomic E-state index is 0.101. The van der Waals surface area contributed by atoms with Gasteiger partial charge in [-0.3, -0.25) is 0 Å². The third-order valence-corrected chi connectivity index (χ3v) is 4.21. The number of pyridine rings is 1. The van der Waals surface area contributed by atoms with E-state index >= 15 is 0 Å². The van der Waals surface area contributed by atoms with Crippen molar-refractivity contribution in [1.82, 2.24) is 9.97 Å². The van der Waals surface area contributed by atoms with E-state index in [-0.39, 0.29) is 5.75 Å². The maximum absolute atomic E-state index is 9.84. The van der Waals surface area contributed by atoms with E-state index in [0.29, 0.717) is 12.3 Å². The van der Waals surface area contributed by atoms with Gasteiger partial charge in [0.15, 0.2) is 11.5 Å². The van der Waals surface area contributed by atoms with Gasteiger partial charge >= 0.3 is 0 Å². The Morgan fingerprint density at radius 1 is 1.12 bits per heavy atom. The molecule has 0 saturated carbocycles. The van der Waals surface area contributed by atoms with Crippen molar-refractivity contribution in [2.75, 3.05) is 7.11 Å². The van der Waals surface area contributed by atoms with E-state index in [1.54, 1.807) is 12.1 Å². The number of hydrogen-bond donors (Lipinski definition) is 3. The van der Waals surface area contributed by atoms with Crippen LogP contribution in [0.15, 0.2) is 48.5 Å². The van der Waals surface area contributed by atoms with Crippen molar-refractivity contribution in [1.29, 1.82) is 0 Å². The fourth-order valence-electron chi connectivity index (χ4n) is 3.04. The number of fused-ring (bicyclic) bond motifs is 3. The molecule has 0 aliphatic rings. The first-order chi connectivity index (χ1) is 11.7. The van der Waals surface area contributed by atoms with Gasteiger partial charge in [0, 0.05) is 28.4 Å². The van der Waals surface area contributed by atoms with Crippen LogP contribution in [0.2, 0.25) is 0 Å². The van der Waals surface area contributed by atoms with Crippen LogP contribution >= 0.6 is 0 Å². The molecule has 4 rings (SSSR count). The third kappa shape index (κ3) is 2.18. The summed E-state index contributed by atoms with van der Waals surface area (Å²) in [6.07, 6.45) is 0. The van der Waals surface area contributed by atoms with Crippen LogP contribution < -0.4 is 10.5 Å². The van der Waals surface area contributed by atoms with Crippen molar-refractivity contribution in [2.24, 2.45) is 5.73 Å². The zero-order valence-corrected chi connectivity index (χ0v) is 13.2. The van der Waals surface area contributed by atoms with E-state index in [1.807, 2.05) is 30.3 Å². The summed E-state index contributed by atoms with van der Waals surface area (Å²) in [5.74, 6) is 0.515. The average molecular weight is 319 g/mol. The molecule has 2 heterocycles. The zero-order valence-electron chi connectivity index (χ0n) is 13.2. The van der Waals surface area contributed by atoms with Gasteiger partial charge in [0.05, 0.1) is 24.0 Å². The van der Waals surface area contributed by atoms with E-state index in [1.165, 1.54) is 7.11 Å². The van der Waals surface area contributed by atoms with Crippen molar-refractivity contribution in [3.05, 3.63) is 54.2 Å². The molecule has 120 valence electrons. The van der Waals surface area contributed by atoms with Gasteiger partial charge in [-0.2, -0.15) is 0 Å². The topological polar surface area (TPSA) is 84.2 Å². The summed E-state index contributed by atoms with van der Waals surface area (Å²) in [5, 5.41) is 12.1. The smallest absolute Gasteiger partial charge is 0.161 e. The highest BCUT2D eigenvalue weighted by Crippen LogP contribution is 2.36. The summed E-state index contributed by atoms with van der Waals surface area (Å²) in [4.78, 5) is 8.14. The molecule has 0 aliphatic carbocycles. The lowest BCUT2D eigenvalue weighted by molar-refractivity contribution is 0.373. The fraction of sp³-hybridized carbons (Fsp3) is 0.105.